The summed E-state index contributed by atoms with van der Waals surface area (Å²) < 4.78 is 0. The Bertz CT molecular complexity index is 372. The second-order valence-corrected chi connectivity index (χ2v) is 5.82. The quantitative estimate of drug-likeness (QED) is 0.703. The first-order valence-corrected chi connectivity index (χ1v) is 7.59. The third-order valence-electron chi connectivity index (χ3n) is 4.16. The zero-order valence-electron chi connectivity index (χ0n) is 12.1. The average molecular weight is 245 g/mol. The topological polar surface area (TPSA) is 21.9 Å². The van der Waals surface area contributed by atoms with Crippen molar-refractivity contribution in [3.8, 4) is 0 Å². The van der Waals surface area contributed by atoms with Crippen LogP contribution in [-0.2, 0) is 6.42 Å². The van der Waals surface area contributed by atoms with E-state index in [-0.39, 0.29) is 0 Å². The Hall–Kier alpha value is -0.820. The molecule has 1 N–H and O–H groups in total. The Kier molecular flexibility index (Phi) is 4.82. The zero-order chi connectivity index (χ0) is 13.0. The molecule has 2 rings (SSSR count). The van der Waals surface area contributed by atoms with Gasteiger partial charge in [0.05, 0.1) is 0 Å². The lowest BCUT2D eigenvalue weighted by Crippen LogP contribution is -1.99. The molecule has 0 radical (unpaired) electrons. The van der Waals surface area contributed by atoms with Crippen LogP contribution in [0.4, 0.5) is 0 Å². The van der Waals surface area contributed by atoms with Crippen LogP contribution in [0, 0.1) is 5.92 Å². The van der Waals surface area contributed by atoms with Crippen LogP contribution in [0.1, 0.15) is 63.6 Å². The molecule has 1 nitrogen and oxygen atoms in total. The molecule has 1 heteroatoms. The Labute approximate surface area is 112 Å². The molecule has 3 atom stereocenters. The van der Waals surface area contributed by atoms with Gasteiger partial charge in [-0.15, -0.1) is 0 Å². The SMILES string of the molecule is CCCC(C)CCC1NC1c1cccc(CC)c1. The number of hydrogen-bond donors (Lipinski definition) is 1. The van der Waals surface area contributed by atoms with E-state index in [0.717, 1.165) is 18.4 Å². The zero-order valence-corrected chi connectivity index (χ0v) is 12.1. The molecule has 1 heterocycles. The number of aryl methyl sites for hydroxylation is 1. The Balaban J connectivity index is 1.80. The lowest BCUT2D eigenvalue weighted by molar-refractivity contribution is 0.466. The molecule has 3 unspecified atom stereocenters. The van der Waals surface area contributed by atoms with Gasteiger partial charge in [0.1, 0.15) is 0 Å². The average Bonchev–Trinajstić information content (AvgIpc) is 3.16. The molecule has 1 aliphatic heterocycles. The van der Waals surface area contributed by atoms with Gasteiger partial charge in [-0.05, 0) is 36.3 Å². The van der Waals surface area contributed by atoms with Gasteiger partial charge < -0.3 is 5.32 Å². The van der Waals surface area contributed by atoms with Gasteiger partial charge in [0.2, 0.25) is 0 Å². The maximum atomic E-state index is 3.63. The van der Waals surface area contributed by atoms with E-state index in [0.29, 0.717) is 6.04 Å². The van der Waals surface area contributed by atoms with Crippen LogP contribution in [0.15, 0.2) is 24.3 Å². The molecular formula is C17H27N. The smallest absolute Gasteiger partial charge is 0.0478 e. The summed E-state index contributed by atoms with van der Waals surface area (Å²) in [6.07, 6.45) is 6.54. The van der Waals surface area contributed by atoms with E-state index in [2.05, 4.69) is 50.4 Å². The van der Waals surface area contributed by atoms with Crippen LogP contribution < -0.4 is 5.32 Å². The van der Waals surface area contributed by atoms with Crippen molar-refractivity contribution < 1.29 is 0 Å². The maximum Gasteiger partial charge on any atom is 0.0478 e. The molecule has 18 heavy (non-hydrogen) atoms. The molecule has 0 spiro atoms. The molecule has 0 aromatic heterocycles. The van der Waals surface area contributed by atoms with Crippen LogP contribution in [0.2, 0.25) is 0 Å². The van der Waals surface area contributed by atoms with Crippen molar-refractivity contribution in [2.24, 2.45) is 5.92 Å². The van der Waals surface area contributed by atoms with Gasteiger partial charge in [0, 0.05) is 12.1 Å². The van der Waals surface area contributed by atoms with Crippen LogP contribution in [-0.4, -0.2) is 6.04 Å². The lowest BCUT2D eigenvalue weighted by Gasteiger charge is -2.08. The summed E-state index contributed by atoms with van der Waals surface area (Å²) in [5.41, 5.74) is 2.95. The third kappa shape index (κ3) is 3.58. The number of benzene rings is 1. The summed E-state index contributed by atoms with van der Waals surface area (Å²) in [5, 5.41) is 3.63. The van der Waals surface area contributed by atoms with Crippen molar-refractivity contribution in [2.75, 3.05) is 0 Å². The summed E-state index contributed by atoms with van der Waals surface area (Å²) in [4.78, 5) is 0. The monoisotopic (exact) mass is 245 g/mol. The van der Waals surface area contributed by atoms with Crippen molar-refractivity contribution in [1.82, 2.24) is 5.32 Å². The van der Waals surface area contributed by atoms with Crippen molar-refractivity contribution in [2.45, 2.75) is 65.0 Å². The molecule has 1 fully saturated rings. The minimum Gasteiger partial charge on any atom is -0.304 e. The second-order valence-electron chi connectivity index (χ2n) is 5.82. The highest BCUT2D eigenvalue weighted by Crippen LogP contribution is 2.34. The second kappa shape index (κ2) is 6.38. The third-order valence-corrected chi connectivity index (χ3v) is 4.16. The number of hydrogen-bond acceptors (Lipinski definition) is 1. The van der Waals surface area contributed by atoms with Gasteiger partial charge >= 0.3 is 0 Å². The fourth-order valence-electron chi connectivity index (χ4n) is 2.86. The molecule has 0 amide bonds. The fraction of sp³-hybridized carbons (Fsp3) is 0.647. The largest absolute Gasteiger partial charge is 0.304 e. The maximum absolute atomic E-state index is 3.63. The molecule has 0 saturated carbocycles. The first kappa shape index (κ1) is 13.6. The van der Waals surface area contributed by atoms with Crippen molar-refractivity contribution in [1.29, 1.82) is 0 Å². The fourth-order valence-corrected chi connectivity index (χ4v) is 2.86. The molecular weight excluding hydrogens is 218 g/mol. The molecule has 1 aromatic carbocycles. The van der Waals surface area contributed by atoms with E-state index in [1.165, 1.54) is 36.8 Å². The van der Waals surface area contributed by atoms with E-state index in [4.69, 9.17) is 0 Å². The normalized spacial score (nSPS) is 23.9. The highest BCUT2D eigenvalue weighted by molar-refractivity contribution is 5.30. The van der Waals surface area contributed by atoms with Gasteiger partial charge in [-0.1, -0.05) is 57.9 Å². The predicted octanol–water partition coefficient (Wildman–Crippen LogP) is 4.48. The standard InChI is InChI=1S/C17H27N/c1-4-7-13(3)10-11-16-17(18-16)15-9-6-8-14(5-2)12-15/h6,8-9,12-13,16-18H,4-5,7,10-11H2,1-3H3. The molecule has 0 aliphatic carbocycles. The Morgan fingerprint density at radius 2 is 2.06 bits per heavy atom. The van der Waals surface area contributed by atoms with Crippen molar-refractivity contribution in [3.05, 3.63) is 35.4 Å². The van der Waals surface area contributed by atoms with Gasteiger partial charge in [-0.25, -0.2) is 0 Å². The predicted molar refractivity (Wildman–Crippen MR) is 78.8 cm³/mol. The highest BCUT2D eigenvalue weighted by atomic mass is 15.1. The molecule has 1 saturated heterocycles. The summed E-state index contributed by atoms with van der Waals surface area (Å²) in [6.45, 7) is 6.90. The number of nitrogens with one attached hydrogen (secondary N) is 1. The molecule has 100 valence electrons. The van der Waals surface area contributed by atoms with E-state index in [9.17, 15) is 0 Å². The molecule has 0 bridgehead atoms. The molecule has 1 aliphatic rings. The van der Waals surface area contributed by atoms with Gasteiger partial charge in [-0.3, -0.25) is 0 Å². The first-order chi connectivity index (χ1) is 8.74. The van der Waals surface area contributed by atoms with Crippen molar-refractivity contribution in [3.63, 3.8) is 0 Å². The Morgan fingerprint density at radius 3 is 2.78 bits per heavy atom. The van der Waals surface area contributed by atoms with Crippen molar-refractivity contribution >= 4 is 0 Å². The molecule has 1 aromatic rings. The lowest BCUT2D eigenvalue weighted by atomic mass is 9.97. The van der Waals surface area contributed by atoms with Crippen LogP contribution in [0.25, 0.3) is 0 Å². The van der Waals surface area contributed by atoms with Crippen LogP contribution in [0.3, 0.4) is 0 Å². The van der Waals surface area contributed by atoms with Crippen LogP contribution >= 0.6 is 0 Å². The van der Waals surface area contributed by atoms with Crippen LogP contribution in [0.5, 0.6) is 0 Å². The summed E-state index contributed by atoms with van der Waals surface area (Å²) >= 11 is 0. The summed E-state index contributed by atoms with van der Waals surface area (Å²) in [7, 11) is 0. The minimum absolute atomic E-state index is 0.630. The van der Waals surface area contributed by atoms with E-state index in [1.807, 2.05) is 0 Å². The van der Waals surface area contributed by atoms with Gasteiger partial charge in [0.25, 0.3) is 0 Å². The summed E-state index contributed by atoms with van der Waals surface area (Å²) in [5.74, 6) is 0.889. The summed E-state index contributed by atoms with van der Waals surface area (Å²) in [6, 6.07) is 10.4. The Morgan fingerprint density at radius 1 is 1.22 bits per heavy atom. The minimum atomic E-state index is 0.630. The van der Waals surface area contributed by atoms with E-state index >= 15 is 0 Å². The van der Waals surface area contributed by atoms with Gasteiger partial charge in [-0.2, -0.15) is 0 Å². The highest BCUT2D eigenvalue weighted by Gasteiger charge is 2.36. The van der Waals surface area contributed by atoms with E-state index in [1.54, 1.807) is 0 Å². The number of rotatable bonds is 7. The van der Waals surface area contributed by atoms with E-state index < -0.39 is 0 Å². The first-order valence-electron chi connectivity index (χ1n) is 7.59. The van der Waals surface area contributed by atoms with Gasteiger partial charge in [0.15, 0.2) is 0 Å².